The van der Waals surface area contributed by atoms with Crippen molar-refractivity contribution in [3.05, 3.63) is 53.7 Å². The Morgan fingerprint density at radius 1 is 1.19 bits per heavy atom. The van der Waals surface area contributed by atoms with Gasteiger partial charge in [-0.3, -0.25) is 4.90 Å². The number of rotatable bonds is 5. The summed E-state index contributed by atoms with van der Waals surface area (Å²) in [6.45, 7) is 7.16. The van der Waals surface area contributed by atoms with Crippen molar-refractivity contribution in [1.82, 2.24) is 15.0 Å². The topological polar surface area (TPSA) is 60.6 Å². The summed E-state index contributed by atoms with van der Waals surface area (Å²) in [5.74, 6) is 2.56. The van der Waals surface area contributed by atoms with Crippen LogP contribution in [0.2, 0.25) is 0 Å². The van der Waals surface area contributed by atoms with Gasteiger partial charge in [-0.2, -0.15) is 4.98 Å². The molecule has 0 N–H and O–H groups in total. The third-order valence-electron chi connectivity index (χ3n) is 4.94. The van der Waals surface area contributed by atoms with Crippen LogP contribution < -0.4 is 4.74 Å². The summed E-state index contributed by atoms with van der Waals surface area (Å²) in [5, 5.41) is 6.46. The fourth-order valence-corrected chi connectivity index (χ4v) is 3.38. The largest absolute Gasteiger partial charge is 0.497 e. The standard InChI is InChI=1S/C21H25N3O3/c1-14(2)21-22-20(23-27-21)13-24-8-9-26-19(12-24)17-5-4-16-11-18(25-3)7-6-15(16)10-17/h4-7,10-11,14,19H,8-9,12-13H2,1-3H3/t19-/m1/s1. The summed E-state index contributed by atoms with van der Waals surface area (Å²) in [4.78, 5) is 6.81. The number of fused-ring (bicyclic) bond motifs is 1. The molecule has 0 amide bonds. The van der Waals surface area contributed by atoms with Crippen LogP contribution >= 0.6 is 0 Å². The fourth-order valence-electron chi connectivity index (χ4n) is 3.38. The Balaban J connectivity index is 1.48. The van der Waals surface area contributed by atoms with Crippen LogP contribution in [-0.2, 0) is 11.3 Å². The minimum atomic E-state index is 0.0433. The lowest BCUT2D eigenvalue weighted by molar-refractivity contribution is -0.0337. The second-order valence-corrected chi connectivity index (χ2v) is 7.27. The van der Waals surface area contributed by atoms with Crippen molar-refractivity contribution in [2.24, 2.45) is 0 Å². The lowest BCUT2D eigenvalue weighted by Crippen LogP contribution is -2.38. The molecule has 6 nitrogen and oxygen atoms in total. The molecule has 1 atom stereocenters. The molecule has 4 rings (SSSR count). The van der Waals surface area contributed by atoms with E-state index in [0.29, 0.717) is 19.0 Å². The molecule has 0 radical (unpaired) electrons. The maximum absolute atomic E-state index is 6.04. The number of hydrogen-bond donors (Lipinski definition) is 0. The molecule has 1 aliphatic rings. The van der Waals surface area contributed by atoms with E-state index in [-0.39, 0.29) is 12.0 Å². The molecule has 0 bridgehead atoms. The molecule has 142 valence electrons. The molecule has 1 fully saturated rings. The molecule has 3 aromatic rings. The van der Waals surface area contributed by atoms with Gasteiger partial charge in [-0.05, 0) is 34.5 Å². The molecule has 0 aliphatic carbocycles. The van der Waals surface area contributed by atoms with Crippen molar-refractivity contribution in [3.8, 4) is 5.75 Å². The lowest BCUT2D eigenvalue weighted by atomic mass is 10.0. The molecular formula is C21H25N3O3. The molecule has 6 heteroatoms. The van der Waals surface area contributed by atoms with Gasteiger partial charge >= 0.3 is 0 Å². The smallest absolute Gasteiger partial charge is 0.229 e. The number of benzene rings is 2. The van der Waals surface area contributed by atoms with Gasteiger partial charge in [0.2, 0.25) is 5.89 Å². The van der Waals surface area contributed by atoms with Crippen LogP contribution in [0.5, 0.6) is 5.75 Å². The second-order valence-electron chi connectivity index (χ2n) is 7.27. The van der Waals surface area contributed by atoms with Crippen LogP contribution in [0.3, 0.4) is 0 Å². The summed E-state index contributed by atoms with van der Waals surface area (Å²) in [5.41, 5.74) is 1.19. The summed E-state index contributed by atoms with van der Waals surface area (Å²) in [7, 11) is 1.69. The average molecular weight is 367 g/mol. The van der Waals surface area contributed by atoms with Crippen molar-refractivity contribution < 1.29 is 14.0 Å². The van der Waals surface area contributed by atoms with Crippen molar-refractivity contribution in [2.75, 3.05) is 26.8 Å². The lowest BCUT2D eigenvalue weighted by Gasteiger charge is -2.32. The predicted molar refractivity (Wildman–Crippen MR) is 103 cm³/mol. The number of nitrogens with zero attached hydrogens (tertiary/aromatic N) is 3. The van der Waals surface area contributed by atoms with E-state index in [9.17, 15) is 0 Å². The second kappa shape index (κ2) is 7.66. The molecule has 2 heterocycles. The third-order valence-corrected chi connectivity index (χ3v) is 4.94. The monoisotopic (exact) mass is 367 g/mol. The average Bonchev–Trinajstić information content (AvgIpc) is 3.16. The third kappa shape index (κ3) is 3.96. The Morgan fingerprint density at radius 3 is 2.78 bits per heavy atom. The summed E-state index contributed by atoms with van der Waals surface area (Å²) >= 11 is 0. The van der Waals surface area contributed by atoms with Crippen LogP contribution in [0.15, 0.2) is 40.9 Å². The Kier molecular flexibility index (Phi) is 5.09. The Morgan fingerprint density at radius 2 is 2.00 bits per heavy atom. The maximum Gasteiger partial charge on any atom is 0.229 e. The zero-order valence-corrected chi connectivity index (χ0v) is 16.0. The highest BCUT2D eigenvalue weighted by Gasteiger charge is 2.24. The van der Waals surface area contributed by atoms with E-state index < -0.39 is 0 Å². The molecule has 1 aromatic heterocycles. The van der Waals surface area contributed by atoms with Crippen LogP contribution in [0.4, 0.5) is 0 Å². The van der Waals surface area contributed by atoms with Crippen LogP contribution in [0.25, 0.3) is 10.8 Å². The van der Waals surface area contributed by atoms with Gasteiger partial charge in [-0.25, -0.2) is 0 Å². The SMILES string of the molecule is COc1ccc2cc([C@H]3CN(Cc4noc(C(C)C)n4)CCO3)ccc2c1. The number of aromatic nitrogens is 2. The number of hydrogen-bond acceptors (Lipinski definition) is 6. The van der Waals surface area contributed by atoms with Gasteiger partial charge in [0.15, 0.2) is 5.82 Å². The molecule has 1 aliphatic heterocycles. The highest BCUT2D eigenvalue weighted by molar-refractivity contribution is 5.84. The van der Waals surface area contributed by atoms with Crippen LogP contribution in [0.1, 0.15) is 43.1 Å². The Labute approximate surface area is 159 Å². The van der Waals surface area contributed by atoms with Crippen molar-refractivity contribution in [1.29, 1.82) is 0 Å². The van der Waals surface area contributed by atoms with E-state index in [0.717, 1.165) is 24.7 Å². The van der Waals surface area contributed by atoms with Gasteiger partial charge in [0, 0.05) is 19.0 Å². The minimum absolute atomic E-state index is 0.0433. The molecular weight excluding hydrogens is 342 g/mol. The predicted octanol–water partition coefficient (Wildman–Crippen LogP) is 3.93. The zero-order valence-electron chi connectivity index (χ0n) is 16.0. The first-order chi connectivity index (χ1) is 13.1. The summed E-state index contributed by atoms with van der Waals surface area (Å²) in [6, 6.07) is 12.6. The van der Waals surface area contributed by atoms with Crippen LogP contribution in [-0.4, -0.2) is 41.8 Å². The molecule has 0 unspecified atom stereocenters. The van der Waals surface area contributed by atoms with Gasteiger partial charge < -0.3 is 14.0 Å². The number of methoxy groups -OCH3 is 1. The molecule has 0 spiro atoms. The van der Waals surface area contributed by atoms with E-state index in [2.05, 4.69) is 59.2 Å². The molecule has 1 saturated heterocycles. The van der Waals surface area contributed by atoms with Gasteiger partial charge in [-0.1, -0.05) is 37.2 Å². The van der Waals surface area contributed by atoms with E-state index >= 15 is 0 Å². The van der Waals surface area contributed by atoms with Crippen molar-refractivity contribution >= 4 is 10.8 Å². The zero-order chi connectivity index (χ0) is 18.8. The van der Waals surface area contributed by atoms with Crippen molar-refractivity contribution in [2.45, 2.75) is 32.4 Å². The number of morpholine rings is 1. The van der Waals surface area contributed by atoms with Crippen molar-refractivity contribution in [3.63, 3.8) is 0 Å². The Bertz CT molecular complexity index is 922. The van der Waals surface area contributed by atoms with E-state index in [4.69, 9.17) is 14.0 Å². The quantitative estimate of drug-likeness (QED) is 0.681. The fraction of sp³-hybridized carbons (Fsp3) is 0.429. The van der Waals surface area contributed by atoms with E-state index in [1.54, 1.807) is 7.11 Å². The summed E-state index contributed by atoms with van der Waals surface area (Å²) in [6.07, 6.45) is 0.0433. The Hall–Kier alpha value is -2.44. The van der Waals surface area contributed by atoms with E-state index in [1.165, 1.54) is 16.3 Å². The van der Waals surface area contributed by atoms with Gasteiger partial charge in [0.05, 0.1) is 26.4 Å². The van der Waals surface area contributed by atoms with Crippen LogP contribution in [0, 0.1) is 0 Å². The summed E-state index contributed by atoms with van der Waals surface area (Å²) < 4.78 is 16.7. The minimum Gasteiger partial charge on any atom is -0.497 e. The molecule has 27 heavy (non-hydrogen) atoms. The molecule has 2 aromatic carbocycles. The highest BCUT2D eigenvalue weighted by Crippen LogP contribution is 2.28. The highest BCUT2D eigenvalue weighted by atomic mass is 16.5. The van der Waals surface area contributed by atoms with Gasteiger partial charge in [0.25, 0.3) is 0 Å². The van der Waals surface area contributed by atoms with E-state index in [1.807, 2.05) is 6.07 Å². The van der Waals surface area contributed by atoms with Gasteiger partial charge in [0.1, 0.15) is 5.75 Å². The first kappa shape index (κ1) is 17.9. The first-order valence-corrected chi connectivity index (χ1v) is 9.36. The number of ether oxygens (including phenoxy) is 2. The first-order valence-electron chi connectivity index (χ1n) is 9.36. The normalized spacial score (nSPS) is 18.3. The maximum atomic E-state index is 6.04. The molecule has 0 saturated carbocycles. The van der Waals surface area contributed by atoms with Gasteiger partial charge in [-0.15, -0.1) is 0 Å².